The minimum Gasteiger partial charge on any atom is -0.482 e. The number of nitrogens with one attached hydrogen (secondary N) is 1. The molecule has 0 aliphatic heterocycles. The van der Waals surface area contributed by atoms with Gasteiger partial charge in [0.1, 0.15) is 5.75 Å². The molecule has 0 aliphatic carbocycles. The summed E-state index contributed by atoms with van der Waals surface area (Å²) >= 11 is 5.86. The van der Waals surface area contributed by atoms with Gasteiger partial charge in [-0.3, -0.25) is 9.52 Å². The summed E-state index contributed by atoms with van der Waals surface area (Å²) in [5, 5.41) is 9.24. The lowest BCUT2D eigenvalue weighted by atomic mass is 10.2. The number of carboxylic acids is 1. The number of aliphatic carboxylic acids is 1. The third kappa shape index (κ3) is 6.03. The van der Waals surface area contributed by atoms with Gasteiger partial charge in [-0.2, -0.15) is 0 Å². The third-order valence-electron chi connectivity index (χ3n) is 4.71. The maximum atomic E-state index is 12.7. The molecule has 0 saturated carbocycles. The largest absolute Gasteiger partial charge is 0.482 e. The van der Waals surface area contributed by atoms with Gasteiger partial charge in [0.25, 0.3) is 15.9 Å². The normalized spacial score (nSPS) is 11.0. The molecular formula is C23H21ClN2O6S. The van der Waals surface area contributed by atoms with Crippen LogP contribution in [0, 0.1) is 6.92 Å². The Labute approximate surface area is 196 Å². The van der Waals surface area contributed by atoms with Gasteiger partial charge in [0.15, 0.2) is 6.61 Å². The summed E-state index contributed by atoms with van der Waals surface area (Å²) in [5.41, 5.74) is 1.85. The van der Waals surface area contributed by atoms with Gasteiger partial charge in [-0.05, 0) is 79.2 Å². The van der Waals surface area contributed by atoms with Crippen LogP contribution in [0.5, 0.6) is 5.75 Å². The zero-order valence-corrected chi connectivity index (χ0v) is 19.4. The summed E-state index contributed by atoms with van der Waals surface area (Å²) in [4.78, 5) is 24.7. The van der Waals surface area contributed by atoms with Gasteiger partial charge in [0.05, 0.1) is 4.90 Å². The van der Waals surface area contributed by atoms with Gasteiger partial charge < -0.3 is 14.7 Å². The van der Waals surface area contributed by atoms with Gasteiger partial charge in [0.2, 0.25) is 0 Å². The molecule has 1 amide bonds. The lowest BCUT2D eigenvalue weighted by Gasteiger charge is -2.18. The first kappa shape index (κ1) is 24.1. The molecule has 33 heavy (non-hydrogen) atoms. The molecule has 172 valence electrons. The molecule has 0 saturated heterocycles. The summed E-state index contributed by atoms with van der Waals surface area (Å²) in [7, 11) is -2.28. The van der Waals surface area contributed by atoms with Crippen LogP contribution in [0.2, 0.25) is 5.02 Å². The highest BCUT2D eigenvalue weighted by Crippen LogP contribution is 2.25. The van der Waals surface area contributed by atoms with Crippen LogP contribution in [0.3, 0.4) is 0 Å². The van der Waals surface area contributed by atoms with Gasteiger partial charge in [-0.25, -0.2) is 13.2 Å². The van der Waals surface area contributed by atoms with Crippen molar-refractivity contribution in [3.05, 3.63) is 82.9 Å². The maximum absolute atomic E-state index is 12.7. The number of halogens is 1. The first-order valence-corrected chi connectivity index (χ1v) is 11.5. The highest BCUT2D eigenvalue weighted by Gasteiger charge is 2.17. The van der Waals surface area contributed by atoms with Gasteiger partial charge in [-0.15, -0.1) is 0 Å². The molecule has 3 aromatic carbocycles. The van der Waals surface area contributed by atoms with Crippen molar-refractivity contribution in [1.29, 1.82) is 0 Å². The van der Waals surface area contributed by atoms with Crippen molar-refractivity contribution in [2.45, 2.75) is 11.8 Å². The Morgan fingerprint density at radius 1 is 1.03 bits per heavy atom. The Kier molecular flexibility index (Phi) is 7.25. The van der Waals surface area contributed by atoms with E-state index in [2.05, 4.69) is 4.72 Å². The van der Waals surface area contributed by atoms with Gasteiger partial charge in [0, 0.05) is 29.0 Å². The van der Waals surface area contributed by atoms with E-state index >= 15 is 0 Å². The maximum Gasteiger partial charge on any atom is 0.341 e. The number of benzene rings is 3. The number of rotatable bonds is 8. The second-order valence-electron chi connectivity index (χ2n) is 7.13. The average Bonchev–Trinajstić information content (AvgIpc) is 2.78. The summed E-state index contributed by atoms with van der Waals surface area (Å²) in [5.74, 6) is -1.08. The zero-order valence-electron chi connectivity index (χ0n) is 17.8. The molecule has 2 N–H and O–H groups in total. The molecule has 0 aromatic heterocycles. The molecule has 0 radical (unpaired) electrons. The number of nitrogens with zero attached hydrogens (tertiary/aromatic N) is 1. The number of hydrogen-bond acceptors (Lipinski definition) is 5. The molecule has 10 heteroatoms. The smallest absolute Gasteiger partial charge is 0.341 e. The van der Waals surface area contributed by atoms with Crippen LogP contribution >= 0.6 is 11.6 Å². The fourth-order valence-corrected chi connectivity index (χ4v) is 4.23. The van der Waals surface area contributed by atoms with E-state index in [1.54, 1.807) is 62.5 Å². The lowest BCUT2D eigenvalue weighted by Crippen LogP contribution is -2.26. The average molecular weight is 489 g/mol. The van der Waals surface area contributed by atoms with Crippen LogP contribution < -0.4 is 14.4 Å². The minimum atomic E-state index is -3.90. The predicted octanol–water partition coefficient (Wildman–Crippen LogP) is 4.19. The SMILES string of the molecule is Cc1cc(S(=O)(=O)Nc2ccc(N(C)C(=O)c3ccc(Cl)cc3)cc2)ccc1OCC(=O)O. The quantitative estimate of drug-likeness (QED) is 0.491. The van der Waals surface area contributed by atoms with Crippen molar-refractivity contribution in [2.24, 2.45) is 0 Å². The molecule has 0 spiro atoms. The molecule has 0 unspecified atom stereocenters. The second-order valence-corrected chi connectivity index (χ2v) is 9.25. The minimum absolute atomic E-state index is 0.00165. The number of carbonyl (C=O) groups is 2. The van der Waals surface area contributed by atoms with Crippen LogP contribution in [-0.2, 0) is 14.8 Å². The van der Waals surface area contributed by atoms with Crippen LogP contribution in [0.4, 0.5) is 11.4 Å². The summed E-state index contributed by atoms with van der Waals surface area (Å²) in [6.45, 7) is 1.10. The van der Waals surface area contributed by atoms with Gasteiger partial charge >= 0.3 is 5.97 Å². The Morgan fingerprint density at radius 3 is 2.24 bits per heavy atom. The van der Waals surface area contributed by atoms with E-state index in [-0.39, 0.29) is 16.6 Å². The van der Waals surface area contributed by atoms with E-state index in [9.17, 15) is 18.0 Å². The van der Waals surface area contributed by atoms with E-state index in [1.165, 1.54) is 23.1 Å². The fourth-order valence-electron chi connectivity index (χ4n) is 2.96. The van der Waals surface area contributed by atoms with E-state index < -0.39 is 22.6 Å². The monoisotopic (exact) mass is 488 g/mol. The van der Waals surface area contributed by atoms with Crippen molar-refractivity contribution in [3.8, 4) is 5.75 Å². The lowest BCUT2D eigenvalue weighted by molar-refractivity contribution is -0.139. The van der Waals surface area contributed by atoms with E-state index in [1.807, 2.05) is 0 Å². The van der Waals surface area contributed by atoms with Crippen LogP contribution in [0.25, 0.3) is 0 Å². The topological polar surface area (TPSA) is 113 Å². The van der Waals surface area contributed by atoms with E-state index in [0.29, 0.717) is 27.5 Å². The Bertz CT molecular complexity index is 1280. The Morgan fingerprint density at radius 2 is 1.67 bits per heavy atom. The van der Waals surface area contributed by atoms with Crippen molar-refractivity contribution in [3.63, 3.8) is 0 Å². The van der Waals surface area contributed by atoms with Crippen molar-refractivity contribution in [2.75, 3.05) is 23.3 Å². The number of sulfonamides is 1. The highest BCUT2D eigenvalue weighted by molar-refractivity contribution is 7.92. The predicted molar refractivity (Wildman–Crippen MR) is 126 cm³/mol. The fraction of sp³-hybridized carbons (Fsp3) is 0.130. The molecular weight excluding hydrogens is 468 g/mol. The molecule has 3 rings (SSSR count). The van der Waals surface area contributed by atoms with Crippen molar-refractivity contribution < 1.29 is 27.9 Å². The summed E-state index contributed by atoms with van der Waals surface area (Å²) in [6.07, 6.45) is 0. The number of anilines is 2. The van der Waals surface area contributed by atoms with Crippen LogP contribution in [-0.4, -0.2) is 39.1 Å². The zero-order chi connectivity index (χ0) is 24.2. The second kappa shape index (κ2) is 9.93. The first-order valence-electron chi connectivity index (χ1n) is 9.68. The molecule has 3 aromatic rings. The van der Waals surface area contributed by atoms with Crippen molar-refractivity contribution >= 4 is 44.9 Å². The molecule has 0 fully saturated rings. The van der Waals surface area contributed by atoms with E-state index in [4.69, 9.17) is 21.4 Å². The number of carboxylic acid groups (broad SMARTS) is 1. The van der Waals surface area contributed by atoms with Crippen LogP contribution in [0.15, 0.2) is 71.6 Å². The molecule has 8 nitrogen and oxygen atoms in total. The number of carbonyl (C=O) groups excluding carboxylic acids is 1. The third-order valence-corrected chi connectivity index (χ3v) is 6.34. The molecule has 0 bridgehead atoms. The Hall–Kier alpha value is -3.56. The summed E-state index contributed by atoms with van der Waals surface area (Å²) < 4.78 is 33.1. The number of aryl methyl sites for hydroxylation is 1. The van der Waals surface area contributed by atoms with Crippen LogP contribution in [0.1, 0.15) is 15.9 Å². The van der Waals surface area contributed by atoms with Gasteiger partial charge in [-0.1, -0.05) is 11.6 Å². The standard InChI is InChI=1S/C23H21ClN2O6S/c1-15-13-20(11-12-21(15)32-14-22(27)28)33(30,31)25-18-7-9-19(10-8-18)26(2)23(29)16-3-5-17(24)6-4-16/h3-13,25H,14H2,1-2H3,(H,27,28). The summed E-state index contributed by atoms with van der Waals surface area (Å²) in [6, 6.07) is 17.0. The highest BCUT2D eigenvalue weighted by atomic mass is 35.5. The molecule has 0 atom stereocenters. The molecule has 0 aliphatic rings. The first-order chi connectivity index (χ1) is 15.6. The number of hydrogen-bond donors (Lipinski definition) is 2. The molecule has 0 heterocycles. The van der Waals surface area contributed by atoms with Crippen molar-refractivity contribution in [1.82, 2.24) is 0 Å². The number of amides is 1. The van der Waals surface area contributed by atoms with E-state index in [0.717, 1.165) is 0 Å². The Balaban J connectivity index is 1.72. The number of ether oxygens (including phenoxy) is 1.